The number of nitrogens with zero attached hydrogens (tertiary/aromatic N) is 3. The van der Waals surface area contributed by atoms with Gasteiger partial charge in [0.1, 0.15) is 5.75 Å². The van der Waals surface area contributed by atoms with Gasteiger partial charge in [-0.3, -0.25) is 4.99 Å². The second-order valence-corrected chi connectivity index (χ2v) is 6.38. The first-order valence-corrected chi connectivity index (χ1v) is 9.16. The number of aliphatic imine (C=N–C) groups is 1. The Morgan fingerprint density at radius 3 is 2.26 bits per heavy atom. The predicted molar refractivity (Wildman–Crippen MR) is 118 cm³/mol. The number of piperazine rings is 1. The summed E-state index contributed by atoms with van der Waals surface area (Å²) in [6.45, 7) is 9.69. The van der Waals surface area contributed by atoms with Gasteiger partial charge in [-0.25, -0.2) is 4.79 Å². The SMILES string of the molecule is CCOC(=O)N1CCN(C(=NC)NCc2ccc(OC(C)C)cc2)CC1.I. The maximum Gasteiger partial charge on any atom is 0.409 e. The van der Waals surface area contributed by atoms with E-state index in [1.807, 2.05) is 32.9 Å². The number of hydrogen-bond acceptors (Lipinski definition) is 4. The van der Waals surface area contributed by atoms with Crippen molar-refractivity contribution in [3.05, 3.63) is 29.8 Å². The fourth-order valence-electron chi connectivity index (χ4n) is 2.79. The topological polar surface area (TPSA) is 66.4 Å². The number of carbonyl (C=O) groups is 1. The van der Waals surface area contributed by atoms with Crippen molar-refractivity contribution >= 4 is 36.0 Å². The predicted octanol–water partition coefficient (Wildman–Crippen LogP) is 2.94. The lowest BCUT2D eigenvalue weighted by molar-refractivity contribution is 0.0914. The highest BCUT2D eigenvalue weighted by molar-refractivity contribution is 14.0. The first-order valence-electron chi connectivity index (χ1n) is 9.16. The molecule has 1 fully saturated rings. The van der Waals surface area contributed by atoms with Gasteiger partial charge >= 0.3 is 6.09 Å². The van der Waals surface area contributed by atoms with Crippen LogP contribution in [0, 0.1) is 0 Å². The van der Waals surface area contributed by atoms with Gasteiger partial charge in [0.05, 0.1) is 12.7 Å². The van der Waals surface area contributed by atoms with Gasteiger partial charge in [0, 0.05) is 39.8 Å². The highest BCUT2D eigenvalue weighted by Crippen LogP contribution is 2.14. The Labute approximate surface area is 179 Å². The van der Waals surface area contributed by atoms with Crippen molar-refractivity contribution < 1.29 is 14.3 Å². The van der Waals surface area contributed by atoms with Gasteiger partial charge in [-0.2, -0.15) is 0 Å². The van der Waals surface area contributed by atoms with Crippen LogP contribution in [0.15, 0.2) is 29.3 Å². The molecule has 1 aromatic rings. The molecule has 0 aromatic heterocycles. The van der Waals surface area contributed by atoms with Gasteiger partial charge in [-0.1, -0.05) is 12.1 Å². The molecule has 1 aliphatic heterocycles. The van der Waals surface area contributed by atoms with Crippen LogP contribution in [0.3, 0.4) is 0 Å². The molecule has 1 saturated heterocycles. The van der Waals surface area contributed by atoms with Crippen molar-refractivity contribution in [1.82, 2.24) is 15.1 Å². The van der Waals surface area contributed by atoms with Crippen LogP contribution < -0.4 is 10.1 Å². The Bertz CT molecular complexity index is 599. The number of halogens is 1. The van der Waals surface area contributed by atoms with Gasteiger partial charge in [-0.05, 0) is 38.5 Å². The van der Waals surface area contributed by atoms with Crippen LogP contribution in [0.2, 0.25) is 0 Å². The first kappa shape index (κ1) is 23.3. The van der Waals surface area contributed by atoms with Crippen LogP contribution >= 0.6 is 24.0 Å². The van der Waals surface area contributed by atoms with Crippen molar-refractivity contribution in [1.29, 1.82) is 0 Å². The van der Waals surface area contributed by atoms with Gasteiger partial charge in [-0.15, -0.1) is 24.0 Å². The molecular weight excluding hydrogens is 459 g/mol. The number of nitrogens with one attached hydrogen (secondary N) is 1. The molecule has 0 bridgehead atoms. The van der Waals surface area contributed by atoms with E-state index in [1.165, 1.54) is 0 Å². The minimum atomic E-state index is -0.237. The zero-order valence-corrected chi connectivity index (χ0v) is 18.9. The quantitative estimate of drug-likeness (QED) is 0.391. The van der Waals surface area contributed by atoms with E-state index in [0.29, 0.717) is 26.2 Å². The summed E-state index contributed by atoms with van der Waals surface area (Å²) in [5, 5.41) is 3.39. The van der Waals surface area contributed by atoms with Gasteiger partial charge in [0.15, 0.2) is 5.96 Å². The number of benzene rings is 1. The first-order chi connectivity index (χ1) is 12.5. The van der Waals surface area contributed by atoms with Gasteiger partial charge in [0.2, 0.25) is 0 Å². The number of ether oxygens (including phenoxy) is 2. The van der Waals surface area contributed by atoms with Crippen LogP contribution in [0.1, 0.15) is 26.3 Å². The molecule has 1 amide bonds. The molecular formula is C19H31IN4O3. The third kappa shape index (κ3) is 7.43. The molecule has 1 aliphatic rings. The second kappa shape index (κ2) is 11.9. The van der Waals surface area contributed by atoms with Crippen LogP contribution in [-0.2, 0) is 11.3 Å². The van der Waals surface area contributed by atoms with E-state index in [2.05, 4.69) is 27.3 Å². The van der Waals surface area contributed by atoms with E-state index >= 15 is 0 Å². The largest absolute Gasteiger partial charge is 0.491 e. The minimum Gasteiger partial charge on any atom is -0.491 e. The van der Waals surface area contributed by atoms with Crippen molar-refractivity contribution in [2.24, 2.45) is 4.99 Å². The minimum absolute atomic E-state index is 0. The Morgan fingerprint density at radius 2 is 1.74 bits per heavy atom. The fourth-order valence-corrected chi connectivity index (χ4v) is 2.79. The molecule has 0 unspecified atom stereocenters. The second-order valence-electron chi connectivity index (χ2n) is 6.38. The normalized spacial score (nSPS) is 14.6. The van der Waals surface area contributed by atoms with Crippen LogP contribution in [0.5, 0.6) is 5.75 Å². The molecule has 7 nitrogen and oxygen atoms in total. The van der Waals surface area contributed by atoms with Crippen LogP contribution in [-0.4, -0.2) is 67.8 Å². The number of amides is 1. The molecule has 1 aromatic carbocycles. The molecule has 8 heteroatoms. The smallest absolute Gasteiger partial charge is 0.409 e. The van der Waals surface area contributed by atoms with Crippen molar-refractivity contribution in [3.8, 4) is 5.75 Å². The van der Waals surface area contributed by atoms with Gasteiger partial charge < -0.3 is 24.6 Å². The van der Waals surface area contributed by atoms with Crippen LogP contribution in [0.4, 0.5) is 4.79 Å². The summed E-state index contributed by atoms with van der Waals surface area (Å²) in [5.41, 5.74) is 1.16. The average molecular weight is 490 g/mol. The van der Waals surface area contributed by atoms with Crippen LogP contribution in [0.25, 0.3) is 0 Å². The molecule has 1 heterocycles. The Hall–Kier alpha value is -1.71. The van der Waals surface area contributed by atoms with E-state index in [0.717, 1.165) is 30.4 Å². The Morgan fingerprint density at radius 1 is 1.15 bits per heavy atom. The standard InChI is InChI=1S/C19H30N4O3.HI/c1-5-25-19(24)23-12-10-22(11-13-23)18(20-4)21-14-16-6-8-17(9-7-16)26-15(2)3;/h6-9,15H,5,10-14H2,1-4H3,(H,20,21);1H. The summed E-state index contributed by atoms with van der Waals surface area (Å²) in [6.07, 6.45) is -0.0649. The Balaban J connectivity index is 0.00000364. The average Bonchev–Trinajstić information content (AvgIpc) is 2.64. The molecule has 1 N–H and O–H groups in total. The summed E-state index contributed by atoms with van der Waals surface area (Å²) in [4.78, 5) is 20.0. The number of carbonyl (C=O) groups excluding carboxylic acids is 1. The molecule has 0 radical (unpaired) electrons. The highest BCUT2D eigenvalue weighted by Gasteiger charge is 2.23. The molecule has 0 saturated carbocycles. The van der Waals surface area contributed by atoms with Crippen molar-refractivity contribution in [3.63, 3.8) is 0 Å². The summed E-state index contributed by atoms with van der Waals surface area (Å²) in [6, 6.07) is 8.07. The highest BCUT2D eigenvalue weighted by atomic mass is 127. The van der Waals surface area contributed by atoms with E-state index in [9.17, 15) is 4.79 Å². The van der Waals surface area contributed by atoms with E-state index in [-0.39, 0.29) is 36.2 Å². The lowest BCUT2D eigenvalue weighted by Crippen LogP contribution is -2.53. The monoisotopic (exact) mass is 490 g/mol. The fraction of sp³-hybridized carbons (Fsp3) is 0.579. The molecule has 0 spiro atoms. The Kier molecular flexibility index (Phi) is 10.3. The zero-order valence-electron chi connectivity index (χ0n) is 16.6. The summed E-state index contributed by atoms with van der Waals surface area (Å²) >= 11 is 0. The maximum absolute atomic E-state index is 11.8. The van der Waals surface area contributed by atoms with Gasteiger partial charge in [0.25, 0.3) is 0 Å². The van der Waals surface area contributed by atoms with E-state index < -0.39 is 0 Å². The number of hydrogen-bond donors (Lipinski definition) is 1. The number of rotatable bonds is 5. The summed E-state index contributed by atoms with van der Waals surface area (Å²) in [5.74, 6) is 1.72. The zero-order chi connectivity index (χ0) is 18.9. The lowest BCUT2D eigenvalue weighted by Gasteiger charge is -2.35. The summed E-state index contributed by atoms with van der Waals surface area (Å²) in [7, 11) is 1.78. The molecule has 27 heavy (non-hydrogen) atoms. The molecule has 0 aliphatic carbocycles. The number of guanidine groups is 1. The van der Waals surface area contributed by atoms with E-state index in [4.69, 9.17) is 9.47 Å². The lowest BCUT2D eigenvalue weighted by atomic mass is 10.2. The molecule has 152 valence electrons. The third-order valence-corrected chi connectivity index (χ3v) is 4.06. The van der Waals surface area contributed by atoms with E-state index in [1.54, 1.807) is 11.9 Å². The van der Waals surface area contributed by atoms with Crippen molar-refractivity contribution in [2.45, 2.75) is 33.4 Å². The molecule has 2 rings (SSSR count). The molecule has 0 atom stereocenters. The summed E-state index contributed by atoms with van der Waals surface area (Å²) < 4.78 is 10.7. The maximum atomic E-state index is 11.8. The van der Waals surface area contributed by atoms with Crippen molar-refractivity contribution in [2.75, 3.05) is 39.8 Å². The third-order valence-electron chi connectivity index (χ3n) is 4.06.